The van der Waals surface area contributed by atoms with Crippen molar-refractivity contribution >= 4 is 27.7 Å². The van der Waals surface area contributed by atoms with Crippen LogP contribution in [0.4, 0.5) is 0 Å². The van der Waals surface area contributed by atoms with Crippen molar-refractivity contribution in [3.05, 3.63) is 40.0 Å². The van der Waals surface area contributed by atoms with Crippen LogP contribution in [-0.4, -0.2) is 9.78 Å². The summed E-state index contributed by atoms with van der Waals surface area (Å²) in [7, 11) is 1.90. The third-order valence-corrected chi connectivity index (χ3v) is 3.88. The SMILES string of the molecule is Cc1cc(Sc2cc(Br)ccc2C#N)n(C)n1. The number of nitriles is 1. The van der Waals surface area contributed by atoms with Gasteiger partial charge in [0.2, 0.25) is 0 Å². The number of hydrogen-bond donors (Lipinski definition) is 0. The van der Waals surface area contributed by atoms with E-state index < -0.39 is 0 Å². The molecular formula is C12H10BrN3S. The molecule has 0 atom stereocenters. The van der Waals surface area contributed by atoms with Gasteiger partial charge < -0.3 is 0 Å². The first kappa shape index (κ1) is 12.2. The van der Waals surface area contributed by atoms with Crippen LogP contribution in [0.25, 0.3) is 0 Å². The monoisotopic (exact) mass is 307 g/mol. The molecule has 0 saturated heterocycles. The molecule has 0 aliphatic rings. The lowest BCUT2D eigenvalue weighted by molar-refractivity contribution is 0.692. The molecule has 2 rings (SSSR count). The largest absolute Gasteiger partial charge is 0.262 e. The van der Waals surface area contributed by atoms with Crippen LogP contribution in [0.1, 0.15) is 11.3 Å². The summed E-state index contributed by atoms with van der Waals surface area (Å²) in [4.78, 5) is 0.935. The molecule has 5 heteroatoms. The second-order valence-corrected chi connectivity index (χ2v) is 5.58. The zero-order valence-electron chi connectivity index (χ0n) is 9.44. The van der Waals surface area contributed by atoms with Crippen molar-refractivity contribution in [2.45, 2.75) is 16.8 Å². The Morgan fingerprint density at radius 3 is 2.76 bits per heavy atom. The first-order chi connectivity index (χ1) is 8.10. The lowest BCUT2D eigenvalue weighted by atomic mass is 10.2. The summed E-state index contributed by atoms with van der Waals surface area (Å²) in [6.07, 6.45) is 0. The number of hydrogen-bond acceptors (Lipinski definition) is 3. The van der Waals surface area contributed by atoms with Gasteiger partial charge in [0.25, 0.3) is 0 Å². The quantitative estimate of drug-likeness (QED) is 0.852. The molecule has 0 unspecified atom stereocenters. The summed E-state index contributed by atoms with van der Waals surface area (Å²) in [5, 5.41) is 14.4. The third-order valence-electron chi connectivity index (χ3n) is 2.24. The molecule has 0 N–H and O–H groups in total. The van der Waals surface area contributed by atoms with E-state index in [1.54, 1.807) is 11.8 Å². The van der Waals surface area contributed by atoms with Crippen molar-refractivity contribution in [1.29, 1.82) is 5.26 Å². The predicted octanol–water partition coefficient (Wildman–Crippen LogP) is 3.51. The second-order valence-electron chi connectivity index (χ2n) is 3.60. The molecule has 1 aromatic heterocycles. The van der Waals surface area contributed by atoms with Crippen molar-refractivity contribution in [2.24, 2.45) is 7.05 Å². The van der Waals surface area contributed by atoms with Crippen molar-refractivity contribution in [2.75, 3.05) is 0 Å². The summed E-state index contributed by atoms with van der Waals surface area (Å²) in [6, 6.07) is 9.84. The standard InChI is InChI=1S/C12H10BrN3S/c1-8-5-12(16(2)15-8)17-11-6-10(13)4-3-9(11)7-14/h3-6H,1-2H3. The van der Waals surface area contributed by atoms with Gasteiger partial charge in [-0.3, -0.25) is 4.68 Å². The molecule has 0 saturated carbocycles. The molecule has 0 aliphatic heterocycles. The normalized spacial score (nSPS) is 10.2. The predicted molar refractivity (Wildman–Crippen MR) is 70.9 cm³/mol. The highest BCUT2D eigenvalue weighted by atomic mass is 79.9. The van der Waals surface area contributed by atoms with Crippen LogP contribution < -0.4 is 0 Å². The fourth-order valence-corrected chi connectivity index (χ4v) is 3.02. The number of benzene rings is 1. The van der Waals surface area contributed by atoms with E-state index in [0.29, 0.717) is 5.56 Å². The maximum absolute atomic E-state index is 9.06. The topological polar surface area (TPSA) is 41.6 Å². The zero-order chi connectivity index (χ0) is 12.4. The summed E-state index contributed by atoms with van der Waals surface area (Å²) in [5.74, 6) is 0. The van der Waals surface area contributed by atoms with Crippen LogP contribution in [0.15, 0.2) is 38.7 Å². The fourth-order valence-electron chi connectivity index (χ4n) is 1.47. The molecule has 0 amide bonds. The molecule has 1 aromatic carbocycles. The van der Waals surface area contributed by atoms with E-state index in [0.717, 1.165) is 20.1 Å². The summed E-state index contributed by atoms with van der Waals surface area (Å²) in [6.45, 7) is 1.95. The Hall–Kier alpha value is -1.25. The third kappa shape index (κ3) is 2.71. The Morgan fingerprint density at radius 1 is 1.41 bits per heavy atom. The molecule has 0 radical (unpaired) electrons. The number of nitrogens with zero attached hydrogens (tertiary/aromatic N) is 3. The van der Waals surface area contributed by atoms with E-state index in [1.807, 2.05) is 42.9 Å². The highest BCUT2D eigenvalue weighted by molar-refractivity contribution is 9.10. The minimum absolute atomic E-state index is 0.678. The zero-order valence-corrected chi connectivity index (χ0v) is 11.8. The van der Waals surface area contributed by atoms with Gasteiger partial charge in [-0.15, -0.1) is 0 Å². The first-order valence-electron chi connectivity index (χ1n) is 4.98. The number of aromatic nitrogens is 2. The van der Waals surface area contributed by atoms with Gasteiger partial charge >= 0.3 is 0 Å². The minimum atomic E-state index is 0.678. The Labute approximate surface area is 113 Å². The molecule has 0 bridgehead atoms. The van der Waals surface area contributed by atoms with Crippen LogP contribution in [0, 0.1) is 18.3 Å². The van der Waals surface area contributed by atoms with Crippen LogP contribution >= 0.6 is 27.7 Å². The molecule has 0 spiro atoms. The summed E-state index contributed by atoms with van der Waals surface area (Å²) < 4.78 is 2.79. The van der Waals surface area contributed by atoms with Crippen molar-refractivity contribution in [3.63, 3.8) is 0 Å². The van der Waals surface area contributed by atoms with Gasteiger partial charge in [-0.1, -0.05) is 27.7 Å². The van der Waals surface area contributed by atoms with Crippen LogP contribution in [-0.2, 0) is 7.05 Å². The number of halogens is 1. The van der Waals surface area contributed by atoms with Gasteiger partial charge in [-0.25, -0.2) is 0 Å². The highest BCUT2D eigenvalue weighted by Gasteiger charge is 2.08. The fraction of sp³-hybridized carbons (Fsp3) is 0.167. The minimum Gasteiger partial charge on any atom is -0.262 e. The lowest BCUT2D eigenvalue weighted by Crippen LogP contribution is -1.92. The van der Waals surface area contributed by atoms with E-state index >= 15 is 0 Å². The summed E-state index contributed by atoms with van der Waals surface area (Å²) >= 11 is 4.97. The highest BCUT2D eigenvalue weighted by Crippen LogP contribution is 2.32. The molecule has 86 valence electrons. The number of rotatable bonds is 2. The Bertz CT molecular complexity index is 598. The van der Waals surface area contributed by atoms with Crippen molar-refractivity contribution < 1.29 is 0 Å². The molecule has 0 fully saturated rings. The van der Waals surface area contributed by atoms with Crippen LogP contribution in [0.3, 0.4) is 0 Å². The van der Waals surface area contributed by atoms with Crippen molar-refractivity contribution in [3.8, 4) is 6.07 Å². The average molecular weight is 308 g/mol. The molecule has 0 aliphatic carbocycles. The van der Waals surface area contributed by atoms with E-state index in [1.165, 1.54) is 0 Å². The second kappa shape index (κ2) is 4.94. The Morgan fingerprint density at radius 2 is 2.18 bits per heavy atom. The van der Waals surface area contributed by atoms with Gasteiger partial charge in [0.15, 0.2) is 0 Å². The van der Waals surface area contributed by atoms with Crippen LogP contribution in [0.2, 0.25) is 0 Å². The maximum Gasteiger partial charge on any atom is 0.100 e. The van der Waals surface area contributed by atoms with Gasteiger partial charge in [0.05, 0.1) is 16.3 Å². The van der Waals surface area contributed by atoms with E-state index in [2.05, 4.69) is 27.1 Å². The van der Waals surface area contributed by atoms with Gasteiger partial charge in [-0.2, -0.15) is 10.4 Å². The molecule has 2 aromatic rings. The Kier molecular flexibility index (Phi) is 3.55. The summed E-state index contributed by atoms with van der Waals surface area (Å²) in [5.41, 5.74) is 1.65. The molecular weight excluding hydrogens is 298 g/mol. The number of aryl methyl sites for hydroxylation is 2. The molecule has 3 nitrogen and oxygen atoms in total. The van der Waals surface area contributed by atoms with E-state index in [-0.39, 0.29) is 0 Å². The average Bonchev–Trinajstić information content (AvgIpc) is 2.58. The smallest absolute Gasteiger partial charge is 0.100 e. The first-order valence-corrected chi connectivity index (χ1v) is 6.59. The van der Waals surface area contributed by atoms with Gasteiger partial charge in [-0.05, 0) is 31.2 Å². The molecule has 1 heterocycles. The Balaban J connectivity index is 2.39. The van der Waals surface area contributed by atoms with E-state index in [9.17, 15) is 0 Å². The molecule has 17 heavy (non-hydrogen) atoms. The van der Waals surface area contributed by atoms with Crippen molar-refractivity contribution in [1.82, 2.24) is 9.78 Å². The maximum atomic E-state index is 9.06. The van der Waals surface area contributed by atoms with Crippen LogP contribution in [0.5, 0.6) is 0 Å². The lowest BCUT2D eigenvalue weighted by Gasteiger charge is -2.04. The van der Waals surface area contributed by atoms with Gasteiger partial charge in [0.1, 0.15) is 6.07 Å². The van der Waals surface area contributed by atoms with Gasteiger partial charge in [0, 0.05) is 16.4 Å². The van der Waals surface area contributed by atoms with E-state index in [4.69, 9.17) is 5.26 Å².